The molecule has 0 radical (unpaired) electrons. The second-order valence-corrected chi connectivity index (χ2v) is 5.31. The van der Waals surface area contributed by atoms with E-state index in [1.807, 2.05) is 23.6 Å². The van der Waals surface area contributed by atoms with Crippen molar-refractivity contribution in [2.24, 2.45) is 0 Å². The first-order chi connectivity index (χ1) is 8.66. The summed E-state index contributed by atoms with van der Waals surface area (Å²) >= 11 is 6.09. The Morgan fingerprint density at radius 1 is 1.33 bits per heavy atom. The van der Waals surface area contributed by atoms with Crippen LogP contribution < -0.4 is 11.0 Å². The molecular weight excluding hydrogens is 250 g/mol. The zero-order valence-electron chi connectivity index (χ0n) is 10.3. The summed E-state index contributed by atoms with van der Waals surface area (Å²) in [4.78, 5) is 15.0. The van der Waals surface area contributed by atoms with E-state index in [9.17, 15) is 4.79 Å². The molecule has 1 aromatic heterocycles. The topological polar surface area (TPSA) is 49.8 Å². The minimum absolute atomic E-state index is 0.0291. The molecule has 1 aromatic carbocycles. The molecule has 0 amide bonds. The van der Waals surface area contributed by atoms with E-state index in [2.05, 4.69) is 10.3 Å². The van der Waals surface area contributed by atoms with Gasteiger partial charge in [0.05, 0.1) is 11.0 Å². The van der Waals surface area contributed by atoms with Crippen molar-refractivity contribution in [3.05, 3.63) is 33.2 Å². The number of aromatic amines is 1. The molecular formula is C13H16ClN3O. The molecule has 3 rings (SSSR count). The zero-order chi connectivity index (χ0) is 12.7. The molecule has 5 heteroatoms. The van der Waals surface area contributed by atoms with Crippen LogP contribution >= 0.6 is 11.6 Å². The van der Waals surface area contributed by atoms with Crippen molar-refractivity contribution in [3.8, 4) is 0 Å². The zero-order valence-corrected chi connectivity index (χ0v) is 11.0. The van der Waals surface area contributed by atoms with E-state index >= 15 is 0 Å². The van der Waals surface area contributed by atoms with Crippen LogP contribution in [0.4, 0.5) is 0 Å². The van der Waals surface area contributed by atoms with Gasteiger partial charge >= 0.3 is 5.69 Å². The molecule has 0 bridgehead atoms. The van der Waals surface area contributed by atoms with Gasteiger partial charge in [0.1, 0.15) is 0 Å². The lowest BCUT2D eigenvalue weighted by Gasteiger charge is -2.23. The number of H-pyrrole nitrogens is 1. The Bertz CT molecular complexity index is 637. The average molecular weight is 266 g/mol. The van der Waals surface area contributed by atoms with Gasteiger partial charge in [-0.15, -0.1) is 0 Å². The van der Waals surface area contributed by atoms with Gasteiger partial charge in [0.15, 0.2) is 0 Å². The van der Waals surface area contributed by atoms with Crippen LogP contribution in [0.5, 0.6) is 0 Å². The van der Waals surface area contributed by atoms with Crippen molar-refractivity contribution < 1.29 is 0 Å². The summed E-state index contributed by atoms with van der Waals surface area (Å²) in [5, 5.41) is 4.01. The SMILES string of the molecule is Cc1cc2c(cc1Cl)[nH]c(=O)n2C1CCNCC1. The van der Waals surface area contributed by atoms with Gasteiger partial charge < -0.3 is 10.3 Å². The molecule has 2 aromatic rings. The van der Waals surface area contributed by atoms with Gasteiger partial charge in [0, 0.05) is 11.1 Å². The summed E-state index contributed by atoms with van der Waals surface area (Å²) in [6, 6.07) is 4.12. The van der Waals surface area contributed by atoms with Crippen molar-refractivity contribution in [2.75, 3.05) is 13.1 Å². The second kappa shape index (κ2) is 4.44. The molecule has 1 aliphatic heterocycles. The molecule has 1 fully saturated rings. The fraction of sp³-hybridized carbons (Fsp3) is 0.462. The lowest BCUT2D eigenvalue weighted by Crippen LogP contribution is -2.33. The number of fused-ring (bicyclic) bond motifs is 1. The van der Waals surface area contributed by atoms with Gasteiger partial charge in [-0.3, -0.25) is 4.57 Å². The molecule has 1 saturated heterocycles. The number of rotatable bonds is 1. The Morgan fingerprint density at radius 2 is 2.06 bits per heavy atom. The van der Waals surface area contributed by atoms with E-state index in [4.69, 9.17) is 11.6 Å². The van der Waals surface area contributed by atoms with E-state index in [1.165, 1.54) is 0 Å². The molecule has 4 nitrogen and oxygen atoms in total. The number of benzene rings is 1. The Labute approximate surface area is 110 Å². The highest BCUT2D eigenvalue weighted by Crippen LogP contribution is 2.26. The van der Waals surface area contributed by atoms with Crippen molar-refractivity contribution >= 4 is 22.6 Å². The lowest BCUT2D eigenvalue weighted by atomic mass is 10.1. The number of piperidine rings is 1. The molecule has 1 aliphatic rings. The Hall–Kier alpha value is -1.26. The van der Waals surface area contributed by atoms with Crippen LogP contribution in [0.15, 0.2) is 16.9 Å². The van der Waals surface area contributed by atoms with E-state index < -0.39 is 0 Å². The lowest BCUT2D eigenvalue weighted by molar-refractivity contribution is 0.368. The first-order valence-corrected chi connectivity index (χ1v) is 6.65. The normalized spacial score (nSPS) is 17.4. The van der Waals surface area contributed by atoms with E-state index in [0.29, 0.717) is 5.02 Å². The standard InChI is InChI=1S/C13H16ClN3O/c1-8-6-12-11(7-10(8)14)16-13(18)17(12)9-2-4-15-5-3-9/h6-7,9,15H,2-5H2,1H3,(H,16,18). The van der Waals surface area contributed by atoms with Gasteiger partial charge in [-0.1, -0.05) is 11.6 Å². The Balaban J connectivity index is 2.18. The van der Waals surface area contributed by atoms with Crippen molar-refractivity contribution in [2.45, 2.75) is 25.8 Å². The summed E-state index contributed by atoms with van der Waals surface area (Å²) in [5.74, 6) is 0. The highest BCUT2D eigenvalue weighted by atomic mass is 35.5. The monoisotopic (exact) mass is 265 g/mol. The van der Waals surface area contributed by atoms with Crippen molar-refractivity contribution in [1.29, 1.82) is 0 Å². The summed E-state index contributed by atoms with van der Waals surface area (Å²) in [7, 11) is 0. The molecule has 2 N–H and O–H groups in total. The number of hydrogen-bond acceptors (Lipinski definition) is 2. The maximum atomic E-state index is 12.1. The summed E-state index contributed by atoms with van der Waals surface area (Å²) in [6.07, 6.45) is 1.99. The Morgan fingerprint density at radius 3 is 2.78 bits per heavy atom. The Kier molecular flexibility index (Phi) is 2.92. The number of imidazole rings is 1. The minimum Gasteiger partial charge on any atom is -0.317 e. The highest BCUT2D eigenvalue weighted by molar-refractivity contribution is 6.32. The van der Waals surface area contributed by atoms with Gasteiger partial charge in [-0.2, -0.15) is 0 Å². The van der Waals surface area contributed by atoms with Gasteiger partial charge in [0.25, 0.3) is 0 Å². The maximum absolute atomic E-state index is 12.1. The molecule has 0 saturated carbocycles. The summed E-state index contributed by atoms with van der Waals surface area (Å²) < 4.78 is 1.89. The van der Waals surface area contributed by atoms with Crippen LogP contribution in [-0.2, 0) is 0 Å². The number of halogens is 1. The largest absolute Gasteiger partial charge is 0.326 e. The summed E-state index contributed by atoms with van der Waals surface area (Å²) in [6.45, 7) is 3.90. The van der Waals surface area contributed by atoms with Crippen LogP contribution in [0.1, 0.15) is 24.4 Å². The molecule has 0 aliphatic carbocycles. The fourth-order valence-electron chi connectivity index (χ4n) is 2.68. The van der Waals surface area contributed by atoms with Crippen LogP contribution in [-0.4, -0.2) is 22.6 Å². The number of aromatic nitrogens is 2. The third kappa shape index (κ3) is 1.85. The van der Waals surface area contributed by atoms with Gasteiger partial charge in [-0.25, -0.2) is 4.79 Å². The quantitative estimate of drug-likeness (QED) is 0.831. The first kappa shape index (κ1) is 11.8. The predicted octanol–water partition coefficient (Wildman–Crippen LogP) is 2.22. The molecule has 0 spiro atoms. The van der Waals surface area contributed by atoms with Gasteiger partial charge in [-0.05, 0) is 50.6 Å². The molecule has 96 valence electrons. The van der Waals surface area contributed by atoms with Crippen LogP contribution in [0, 0.1) is 6.92 Å². The predicted molar refractivity (Wildman–Crippen MR) is 73.4 cm³/mol. The van der Waals surface area contributed by atoms with Crippen LogP contribution in [0.2, 0.25) is 5.02 Å². The highest BCUT2D eigenvalue weighted by Gasteiger charge is 2.19. The van der Waals surface area contributed by atoms with Crippen LogP contribution in [0.3, 0.4) is 0 Å². The minimum atomic E-state index is -0.0291. The number of nitrogens with zero attached hydrogens (tertiary/aromatic N) is 1. The average Bonchev–Trinajstić information content (AvgIpc) is 2.66. The fourth-order valence-corrected chi connectivity index (χ4v) is 2.84. The molecule has 0 unspecified atom stereocenters. The smallest absolute Gasteiger partial charge is 0.317 e. The van der Waals surface area contributed by atoms with E-state index in [1.54, 1.807) is 0 Å². The second-order valence-electron chi connectivity index (χ2n) is 4.90. The number of nitrogens with one attached hydrogen (secondary N) is 2. The van der Waals surface area contributed by atoms with Crippen molar-refractivity contribution in [1.82, 2.24) is 14.9 Å². The third-order valence-corrected chi connectivity index (χ3v) is 4.08. The number of hydrogen-bond donors (Lipinski definition) is 2. The summed E-state index contributed by atoms with van der Waals surface area (Å²) in [5.41, 5.74) is 2.77. The van der Waals surface area contributed by atoms with E-state index in [0.717, 1.165) is 42.5 Å². The third-order valence-electron chi connectivity index (χ3n) is 3.67. The number of aryl methyl sites for hydroxylation is 1. The maximum Gasteiger partial charge on any atom is 0.326 e. The molecule has 18 heavy (non-hydrogen) atoms. The van der Waals surface area contributed by atoms with E-state index in [-0.39, 0.29) is 11.7 Å². The van der Waals surface area contributed by atoms with Crippen molar-refractivity contribution in [3.63, 3.8) is 0 Å². The first-order valence-electron chi connectivity index (χ1n) is 6.28. The molecule has 0 atom stereocenters. The van der Waals surface area contributed by atoms with Crippen LogP contribution in [0.25, 0.3) is 11.0 Å². The van der Waals surface area contributed by atoms with Gasteiger partial charge in [0.2, 0.25) is 0 Å². The molecule has 2 heterocycles.